The summed E-state index contributed by atoms with van der Waals surface area (Å²) in [6.45, 7) is 5.71. The van der Waals surface area contributed by atoms with E-state index in [4.69, 9.17) is 5.11 Å². The number of aliphatic hydroxyl groups is 1. The molecule has 78 valence electrons. The third kappa shape index (κ3) is 3.60. The second-order valence-corrected chi connectivity index (χ2v) is 3.77. The summed E-state index contributed by atoms with van der Waals surface area (Å²) in [4.78, 5) is 4.74. The average Bonchev–Trinajstić information content (AvgIpc) is 2.17. The van der Waals surface area contributed by atoms with Crippen molar-refractivity contribution in [3.05, 3.63) is 0 Å². The highest BCUT2D eigenvalue weighted by Gasteiger charge is 2.16. The minimum absolute atomic E-state index is 0.225. The van der Waals surface area contributed by atoms with Crippen LogP contribution in [0.3, 0.4) is 0 Å². The van der Waals surface area contributed by atoms with Gasteiger partial charge in [0.1, 0.15) is 0 Å². The summed E-state index contributed by atoms with van der Waals surface area (Å²) in [5, 5.41) is 12.1. The van der Waals surface area contributed by atoms with E-state index in [0.717, 1.165) is 32.7 Å². The van der Waals surface area contributed by atoms with Gasteiger partial charge < -0.3 is 15.3 Å². The molecule has 0 radical (unpaired) electrons. The van der Waals surface area contributed by atoms with E-state index in [9.17, 15) is 0 Å². The van der Waals surface area contributed by atoms with E-state index in [-0.39, 0.29) is 12.6 Å². The molecule has 0 saturated carbocycles. The smallest absolute Gasteiger partial charge is 0.0597 e. The zero-order chi connectivity index (χ0) is 9.68. The zero-order valence-electron chi connectivity index (χ0n) is 8.66. The number of nitrogens with zero attached hydrogens (tertiary/aromatic N) is 2. The Morgan fingerprint density at radius 2 is 1.92 bits per heavy atom. The minimum Gasteiger partial charge on any atom is -0.395 e. The number of aliphatic hydroxyl groups excluding tert-OH is 1. The lowest BCUT2D eigenvalue weighted by atomic mass is 10.2. The fourth-order valence-corrected chi connectivity index (χ4v) is 1.58. The van der Waals surface area contributed by atoms with Gasteiger partial charge in [-0.25, -0.2) is 0 Å². The van der Waals surface area contributed by atoms with Crippen molar-refractivity contribution in [3.8, 4) is 0 Å². The van der Waals surface area contributed by atoms with E-state index in [1.165, 1.54) is 0 Å². The number of hydrogen-bond acceptors (Lipinski definition) is 4. The molecule has 0 aliphatic carbocycles. The van der Waals surface area contributed by atoms with Gasteiger partial charge in [0.15, 0.2) is 0 Å². The highest BCUT2D eigenvalue weighted by molar-refractivity contribution is 4.74. The number of nitrogens with one attached hydrogen (secondary N) is 1. The fraction of sp³-hybridized carbons (Fsp3) is 1.00. The minimum atomic E-state index is 0.225. The molecule has 1 fully saturated rings. The summed E-state index contributed by atoms with van der Waals surface area (Å²) >= 11 is 0. The van der Waals surface area contributed by atoms with Gasteiger partial charge in [0.25, 0.3) is 0 Å². The Kier molecular flexibility index (Phi) is 4.66. The molecule has 1 heterocycles. The Balaban J connectivity index is 2.21. The van der Waals surface area contributed by atoms with Crippen molar-refractivity contribution in [2.75, 3.05) is 53.4 Å². The second kappa shape index (κ2) is 5.54. The van der Waals surface area contributed by atoms with Crippen LogP contribution in [0.4, 0.5) is 0 Å². The molecule has 0 amide bonds. The van der Waals surface area contributed by atoms with Gasteiger partial charge in [0.2, 0.25) is 0 Å². The van der Waals surface area contributed by atoms with Crippen molar-refractivity contribution in [1.82, 2.24) is 15.1 Å². The molecule has 1 unspecified atom stereocenters. The van der Waals surface area contributed by atoms with Crippen molar-refractivity contribution in [2.24, 2.45) is 0 Å². The topological polar surface area (TPSA) is 38.7 Å². The first-order chi connectivity index (χ1) is 6.26. The third-order valence-electron chi connectivity index (χ3n) is 2.70. The summed E-state index contributed by atoms with van der Waals surface area (Å²) < 4.78 is 0. The molecule has 0 aromatic heterocycles. The van der Waals surface area contributed by atoms with Crippen LogP contribution in [0, 0.1) is 0 Å². The Bertz CT molecular complexity index is 131. The number of rotatable bonds is 4. The molecule has 0 bridgehead atoms. The molecule has 1 aliphatic rings. The van der Waals surface area contributed by atoms with E-state index >= 15 is 0 Å². The first-order valence-corrected chi connectivity index (χ1v) is 4.95. The van der Waals surface area contributed by atoms with Crippen LogP contribution < -0.4 is 5.32 Å². The molecule has 0 aromatic carbocycles. The molecule has 4 nitrogen and oxygen atoms in total. The van der Waals surface area contributed by atoms with Crippen LogP contribution in [0.1, 0.15) is 0 Å². The molecule has 1 aliphatic heterocycles. The van der Waals surface area contributed by atoms with Gasteiger partial charge in [-0.3, -0.25) is 4.90 Å². The lowest BCUT2D eigenvalue weighted by Crippen LogP contribution is -2.50. The molecule has 0 spiro atoms. The van der Waals surface area contributed by atoms with Gasteiger partial charge in [0, 0.05) is 38.8 Å². The fourth-order valence-electron chi connectivity index (χ4n) is 1.58. The first kappa shape index (κ1) is 10.9. The molecule has 1 rings (SSSR count). The summed E-state index contributed by atoms with van der Waals surface area (Å²) in [5.74, 6) is 0. The monoisotopic (exact) mass is 187 g/mol. The highest BCUT2D eigenvalue weighted by atomic mass is 16.3. The van der Waals surface area contributed by atoms with Crippen molar-refractivity contribution in [2.45, 2.75) is 6.04 Å². The molecule has 0 aromatic rings. The average molecular weight is 187 g/mol. The predicted molar refractivity (Wildman–Crippen MR) is 53.9 cm³/mol. The maximum atomic E-state index is 9.01. The van der Waals surface area contributed by atoms with Crippen molar-refractivity contribution in [1.29, 1.82) is 0 Å². The Hall–Kier alpha value is -0.160. The van der Waals surface area contributed by atoms with E-state index in [1.54, 1.807) is 0 Å². The second-order valence-electron chi connectivity index (χ2n) is 3.77. The summed E-state index contributed by atoms with van der Waals surface area (Å²) in [6, 6.07) is 0.225. The maximum Gasteiger partial charge on any atom is 0.0597 e. The third-order valence-corrected chi connectivity index (χ3v) is 2.70. The molecular formula is C9H21N3O. The Morgan fingerprint density at radius 3 is 2.38 bits per heavy atom. The summed E-state index contributed by atoms with van der Waals surface area (Å²) in [7, 11) is 4.05. The standard InChI is InChI=1S/C9H21N3O/c1-10-9(8-13)7-12-5-3-11(2)4-6-12/h9-10,13H,3-8H2,1-2H3. The van der Waals surface area contributed by atoms with Gasteiger partial charge >= 0.3 is 0 Å². The van der Waals surface area contributed by atoms with Crippen molar-refractivity contribution >= 4 is 0 Å². The van der Waals surface area contributed by atoms with Crippen LogP contribution in [-0.4, -0.2) is 74.4 Å². The van der Waals surface area contributed by atoms with Crippen LogP contribution in [0.25, 0.3) is 0 Å². The SMILES string of the molecule is CNC(CO)CN1CCN(C)CC1. The summed E-state index contributed by atoms with van der Waals surface area (Å²) in [6.07, 6.45) is 0. The maximum absolute atomic E-state index is 9.01. The van der Waals surface area contributed by atoms with Crippen LogP contribution in [0.5, 0.6) is 0 Å². The quantitative estimate of drug-likeness (QED) is 0.581. The molecule has 4 heteroatoms. The van der Waals surface area contributed by atoms with Gasteiger partial charge in [0.05, 0.1) is 6.61 Å². The van der Waals surface area contributed by atoms with E-state index in [2.05, 4.69) is 22.2 Å². The van der Waals surface area contributed by atoms with E-state index in [0.29, 0.717) is 0 Å². The van der Waals surface area contributed by atoms with Crippen molar-refractivity contribution in [3.63, 3.8) is 0 Å². The van der Waals surface area contributed by atoms with Gasteiger partial charge in [-0.15, -0.1) is 0 Å². The number of piperazine rings is 1. The Morgan fingerprint density at radius 1 is 1.31 bits per heavy atom. The number of hydrogen-bond donors (Lipinski definition) is 2. The van der Waals surface area contributed by atoms with Crippen LogP contribution >= 0.6 is 0 Å². The predicted octanol–water partition coefficient (Wildman–Crippen LogP) is -1.19. The molecule has 13 heavy (non-hydrogen) atoms. The van der Waals surface area contributed by atoms with Crippen LogP contribution in [-0.2, 0) is 0 Å². The van der Waals surface area contributed by atoms with Crippen LogP contribution in [0.2, 0.25) is 0 Å². The first-order valence-electron chi connectivity index (χ1n) is 4.95. The molecule has 1 saturated heterocycles. The number of likely N-dealkylation sites (N-methyl/N-ethyl adjacent to an activating group) is 2. The van der Waals surface area contributed by atoms with Gasteiger partial charge in [-0.1, -0.05) is 0 Å². The van der Waals surface area contributed by atoms with E-state index < -0.39 is 0 Å². The molecular weight excluding hydrogens is 166 g/mol. The Labute approximate surface area is 80.5 Å². The lowest BCUT2D eigenvalue weighted by Gasteiger charge is -2.34. The van der Waals surface area contributed by atoms with Crippen LogP contribution in [0.15, 0.2) is 0 Å². The highest BCUT2D eigenvalue weighted by Crippen LogP contribution is 1.99. The summed E-state index contributed by atoms with van der Waals surface area (Å²) in [5.41, 5.74) is 0. The lowest BCUT2D eigenvalue weighted by molar-refractivity contribution is 0.127. The van der Waals surface area contributed by atoms with E-state index in [1.807, 2.05) is 7.05 Å². The normalized spacial score (nSPS) is 23.3. The molecule has 1 atom stereocenters. The molecule has 2 N–H and O–H groups in total. The van der Waals surface area contributed by atoms with Gasteiger partial charge in [-0.2, -0.15) is 0 Å². The zero-order valence-corrected chi connectivity index (χ0v) is 8.66. The van der Waals surface area contributed by atoms with Gasteiger partial charge in [-0.05, 0) is 14.1 Å². The van der Waals surface area contributed by atoms with Crippen molar-refractivity contribution < 1.29 is 5.11 Å². The largest absolute Gasteiger partial charge is 0.395 e.